The van der Waals surface area contributed by atoms with E-state index in [1.54, 1.807) is 54.7 Å². The van der Waals surface area contributed by atoms with E-state index in [0.717, 1.165) is 27.6 Å². The number of hydrogen-bond donors (Lipinski definition) is 2. The summed E-state index contributed by atoms with van der Waals surface area (Å²) < 4.78 is 1.01. The zero-order chi connectivity index (χ0) is 23.8. The molecule has 0 fully saturated rings. The van der Waals surface area contributed by atoms with Crippen molar-refractivity contribution in [3.8, 4) is 0 Å². The van der Waals surface area contributed by atoms with Crippen molar-refractivity contribution in [1.29, 1.82) is 0 Å². The van der Waals surface area contributed by atoms with Crippen molar-refractivity contribution in [2.75, 3.05) is 0 Å². The summed E-state index contributed by atoms with van der Waals surface area (Å²) in [6.45, 7) is 2.04. The number of aromatic amines is 1. The number of para-hydroxylation sites is 1. The number of carbonyl (C=O) groups is 2. The first-order valence-electron chi connectivity index (χ1n) is 10.9. The standard InChI is InChI=1S/C27H21N3O4/c1-2-16-11-8-14-19-21(15-28-22(16)19)25(31)24(17-9-4-3-5-10-17)30-26(32)20-13-7-6-12-18(20)23(29-30)27(33)34/h3-15,24,28H,2H2,1H3,(H,33,34)/t24-/m0/s1. The number of H-pyrrole nitrogens is 1. The Morgan fingerprint density at radius 2 is 1.62 bits per heavy atom. The summed E-state index contributed by atoms with van der Waals surface area (Å²) in [5.74, 6) is -1.63. The maximum absolute atomic E-state index is 14.0. The summed E-state index contributed by atoms with van der Waals surface area (Å²) in [6.07, 6.45) is 2.44. The number of carboxylic acids is 1. The van der Waals surface area contributed by atoms with Crippen molar-refractivity contribution >= 4 is 33.4 Å². The minimum atomic E-state index is -1.27. The molecule has 7 nitrogen and oxygen atoms in total. The maximum Gasteiger partial charge on any atom is 0.357 e. The van der Waals surface area contributed by atoms with Crippen LogP contribution < -0.4 is 5.56 Å². The van der Waals surface area contributed by atoms with E-state index >= 15 is 0 Å². The highest BCUT2D eigenvalue weighted by atomic mass is 16.4. The molecule has 168 valence electrons. The molecule has 0 spiro atoms. The van der Waals surface area contributed by atoms with Crippen molar-refractivity contribution in [3.05, 3.63) is 112 Å². The molecule has 2 aromatic heterocycles. The van der Waals surface area contributed by atoms with Crippen LogP contribution in [0.5, 0.6) is 0 Å². The Labute approximate surface area is 194 Å². The lowest BCUT2D eigenvalue weighted by molar-refractivity contribution is 0.0687. The second kappa shape index (κ2) is 8.44. The molecule has 2 N–H and O–H groups in total. The molecule has 34 heavy (non-hydrogen) atoms. The van der Waals surface area contributed by atoms with E-state index in [9.17, 15) is 19.5 Å². The van der Waals surface area contributed by atoms with Crippen molar-refractivity contribution in [1.82, 2.24) is 14.8 Å². The number of rotatable bonds is 6. The Kier molecular flexibility index (Phi) is 5.30. The normalized spacial score (nSPS) is 12.1. The molecule has 3 aromatic carbocycles. The van der Waals surface area contributed by atoms with Crippen LogP contribution in [0.25, 0.3) is 21.7 Å². The van der Waals surface area contributed by atoms with Crippen LogP contribution in [0, 0.1) is 0 Å². The van der Waals surface area contributed by atoms with Gasteiger partial charge in [-0.3, -0.25) is 9.59 Å². The lowest BCUT2D eigenvalue weighted by Gasteiger charge is -2.19. The van der Waals surface area contributed by atoms with Crippen LogP contribution >= 0.6 is 0 Å². The molecule has 5 aromatic rings. The Hall–Kier alpha value is -4.52. The molecule has 5 rings (SSSR count). The number of fused-ring (bicyclic) bond motifs is 2. The van der Waals surface area contributed by atoms with Crippen LogP contribution in [-0.2, 0) is 6.42 Å². The second-order valence-corrected chi connectivity index (χ2v) is 8.02. The van der Waals surface area contributed by atoms with Crippen LogP contribution in [0.15, 0.2) is 83.8 Å². The van der Waals surface area contributed by atoms with Gasteiger partial charge in [0.1, 0.15) is 6.04 Å². The minimum Gasteiger partial charge on any atom is -0.476 e. The third-order valence-electron chi connectivity index (χ3n) is 6.09. The Morgan fingerprint density at radius 3 is 2.32 bits per heavy atom. The number of nitrogens with one attached hydrogen (secondary N) is 1. The summed E-state index contributed by atoms with van der Waals surface area (Å²) in [7, 11) is 0. The molecule has 0 aliphatic heterocycles. The Balaban J connectivity index is 1.79. The molecule has 0 bridgehead atoms. The van der Waals surface area contributed by atoms with Crippen molar-refractivity contribution < 1.29 is 14.7 Å². The molecule has 0 saturated carbocycles. The summed E-state index contributed by atoms with van der Waals surface area (Å²) in [4.78, 5) is 42.7. The zero-order valence-electron chi connectivity index (χ0n) is 18.4. The highest BCUT2D eigenvalue weighted by molar-refractivity contribution is 6.11. The molecule has 2 heterocycles. The summed E-state index contributed by atoms with van der Waals surface area (Å²) in [6, 6.07) is 19.8. The number of hydrogen-bond acceptors (Lipinski definition) is 4. The fraction of sp³-hybridized carbons (Fsp3) is 0.111. The first kappa shape index (κ1) is 21.3. The van der Waals surface area contributed by atoms with Gasteiger partial charge in [-0.1, -0.05) is 73.7 Å². The predicted molar refractivity (Wildman–Crippen MR) is 130 cm³/mol. The number of nitrogens with zero attached hydrogens (tertiary/aromatic N) is 2. The topological polar surface area (TPSA) is 105 Å². The van der Waals surface area contributed by atoms with E-state index in [1.807, 2.05) is 31.2 Å². The van der Waals surface area contributed by atoms with Gasteiger partial charge in [-0.25, -0.2) is 9.48 Å². The second-order valence-electron chi connectivity index (χ2n) is 8.02. The van der Waals surface area contributed by atoms with Crippen LogP contribution in [0.3, 0.4) is 0 Å². The van der Waals surface area contributed by atoms with E-state index in [2.05, 4.69) is 10.1 Å². The monoisotopic (exact) mass is 451 g/mol. The van der Waals surface area contributed by atoms with E-state index in [0.29, 0.717) is 11.1 Å². The van der Waals surface area contributed by atoms with Gasteiger partial charge in [-0.15, -0.1) is 0 Å². The highest BCUT2D eigenvalue weighted by Crippen LogP contribution is 2.29. The van der Waals surface area contributed by atoms with Gasteiger partial charge in [0.25, 0.3) is 5.56 Å². The molecule has 7 heteroatoms. The van der Waals surface area contributed by atoms with Gasteiger partial charge in [-0.05, 0) is 23.6 Å². The molecule has 1 atom stereocenters. The van der Waals surface area contributed by atoms with Crippen molar-refractivity contribution in [2.24, 2.45) is 0 Å². The molecular formula is C27H21N3O4. The van der Waals surface area contributed by atoms with E-state index in [4.69, 9.17) is 0 Å². The third kappa shape index (κ3) is 3.38. The lowest BCUT2D eigenvalue weighted by atomic mass is 9.96. The molecule has 0 aliphatic rings. The van der Waals surface area contributed by atoms with Gasteiger partial charge in [-0.2, -0.15) is 5.10 Å². The molecule has 0 saturated heterocycles. The lowest BCUT2D eigenvalue weighted by Crippen LogP contribution is -2.34. The molecule has 0 unspecified atom stereocenters. The summed E-state index contributed by atoms with van der Waals surface area (Å²) >= 11 is 0. The van der Waals surface area contributed by atoms with E-state index < -0.39 is 17.6 Å². The first-order chi connectivity index (χ1) is 16.5. The number of carbonyl (C=O) groups excluding carboxylic acids is 1. The van der Waals surface area contributed by atoms with Crippen molar-refractivity contribution in [2.45, 2.75) is 19.4 Å². The smallest absolute Gasteiger partial charge is 0.357 e. The van der Waals surface area contributed by atoms with Gasteiger partial charge in [0, 0.05) is 28.0 Å². The number of aromatic nitrogens is 3. The minimum absolute atomic E-state index is 0.191. The summed E-state index contributed by atoms with van der Waals surface area (Å²) in [5.41, 5.74) is 2.08. The summed E-state index contributed by atoms with van der Waals surface area (Å²) in [5, 5.41) is 15.2. The average Bonchev–Trinajstić information content (AvgIpc) is 3.30. The first-order valence-corrected chi connectivity index (χ1v) is 10.9. The fourth-order valence-corrected chi connectivity index (χ4v) is 4.44. The maximum atomic E-state index is 14.0. The van der Waals surface area contributed by atoms with Crippen LogP contribution in [0.4, 0.5) is 0 Å². The largest absolute Gasteiger partial charge is 0.476 e. The molecule has 0 aliphatic carbocycles. The number of benzene rings is 3. The van der Waals surface area contributed by atoms with Crippen LogP contribution in [0.1, 0.15) is 44.9 Å². The zero-order valence-corrected chi connectivity index (χ0v) is 18.4. The fourth-order valence-electron chi connectivity index (χ4n) is 4.44. The SMILES string of the molecule is CCc1cccc2c(C(=O)[C@H](c3ccccc3)n3nc(C(=O)O)c4ccccc4c3=O)c[nH]c12. The van der Waals surface area contributed by atoms with Crippen molar-refractivity contribution in [3.63, 3.8) is 0 Å². The van der Waals surface area contributed by atoms with E-state index in [1.165, 1.54) is 0 Å². The van der Waals surface area contributed by atoms with E-state index in [-0.39, 0.29) is 22.2 Å². The van der Waals surface area contributed by atoms with Crippen LogP contribution in [0.2, 0.25) is 0 Å². The average molecular weight is 451 g/mol. The number of aromatic carboxylic acids is 1. The molecular weight excluding hydrogens is 430 g/mol. The quantitative estimate of drug-likeness (QED) is 0.367. The number of carboxylic acid groups (broad SMARTS) is 1. The van der Waals surface area contributed by atoms with Gasteiger partial charge in [0.15, 0.2) is 11.5 Å². The highest BCUT2D eigenvalue weighted by Gasteiger charge is 2.30. The van der Waals surface area contributed by atoms with Crippen LogP contribution in [-0.4, -0.2) is 31.6 Å². The van der Waals surface area contributed by atoms with Gasteiger partial charge < -0.3 is 10.1 Å². The van der Waals surface area contributed by atoms with Gasteiger partial charge in [0.2, 0.25) is 0 Å². The number of aryl methyl sites for hydroxylation is 1. The number of Topliss-reactive ketones (excluding diaryl/α,β-unsaturated/α-hetero) is 1. The Morgan fingerprint density at radius 1 is 0.941 bits per heavy atom. The molecule has 0 amide bonds. The number of ketones is 1. The van der Waals surface area contributed by atoms with Gasteiger partial charge >= 0.3 is 5.97 Å². The predicted octanol–water partition coefficient (Wildman–Crippen LogP) is 4.61. The Bertz CT molecular complexity index is 1620. The third-order valence-corrected chi connectivity index (χ3v) is 6.09. The van der Waals surface area contributed by atoms with Gasteiger partial charge in [0.05, 0.1) is 5.39 Å². The molecule has 0 radical (unpaired) electrons.